The van der Waals surface area contributed by atoms with Gasteiger partial charge in [0.15, 0.2) is 0 Å². The van der Waals surface area contributed by atoms with Crippen LogP contribution in [-0.2, 0) is 14.3 Å². The van der Waals surface area contributed by atoms with Crippen LogP contribution < -0.4 is 0 Å². The quantitative estimate of drug-likeness (QED) is 0.370. The topological polar surface area (TPSA) is 59.0 Å². The number of ether oxygens (including phenoxy) is 1. The van der Waals surface area contributed by atoms with Crippen LogP contribution in [0.15, 0.2) is 4.99 Å². The molecule has 154 valence electrons. The Hall–Kier alpha value is -1.39. The molecule has 27 heavy (non-hydrogen) atoms. The summed E-state index contributed by atoms with van der Waals surface area (Å²) in [6, 6.07) is 0. The van der Waals surface area contributed by atoms with E-state index in [1.54, 1.807) is 0 Å². The van der Waals surface area contributed by atoms with Crippen molar-refractivity contribution in [3.05, 3.63) is 0 Å². The third kappa shape index (κ3) is 8.44. The van der Waals surface area contributed by atoms with Crippen molar-refractivity contribution in [3.8, 4) is 0 Å². The lowest BCUT2D eigenvalue weighted by Crippen LogP contribution is -2.28. The van der Waals surface area contributed by atoms with Gasteiger partial charge in [-0.3, -0.25) is 14.6 Å². The Kier molecular flexibility index (Phi) is 10.5. The van der Waals surface area contributed by atoms with Crippen molar-refractivity contribution in [2.24, 2.45) is 10.9 Å². The summed E-state index contributed by atoms with van der Waals surface area (Å²) >= 11 is 0. The highest BCUT2D eigenvalue weighted by Crippen LogP contribution is 2.20. The zero-order valence-corrected chi connectivity index (χ0v) is 17.2. The van der Waals surface area contributed by atoms with E-state index in [9.17, 15) is 9.59 Å². The van der Waals surface area contributed by atoms with E-state index in [1.165, 1.54) is 44.2 Å². The fourth-order valence-corrected chi connectivity index (χ4v) is 3.91. The number of aliphatic imine (C=N–C) groups is 1. The number of amides is 1. The lowest BCUT2D eigenvalue weighted by atomic mass is 9.98. The van der Waals surface area contributed by atoms with Crippen molar-refractivity contribution in [1.29, 1.82) is 0 Å². The highest BCUT2D eigenvalue weighted by molar-refractivity contribution is 5.86. The van der Waals surface area contributed by atoms with Crippen LogP contribution >= 0.6 is 0 Å². The van der Waals surface area contributed by atoms with Gasteiger partial charge in [-0.1, -0.05) is 39.0 Å². The van der Waals surface area contributed by atoms with Crippen LogP contribution in [0.5, 0.6) is 0 Å². The molecule has 1 saturated heterocycles. The summed E-state index contributed by atoms with van der Waals surface area (Å²) in [4.78, 5) is 30.8. The molecule has 5 heteroatoms. The molecule has 0 radical (unpaired) electrons. The Morgan fingerprint density at radius 2 is 1.85 bits per heavy atom. The monoisotopic (exact) mass is 378 g/mol. The maximum absolute atomic E-state index is 12.1. The minimum absolute atomic E-state index is 0.106. The molecule has 5 nitrogen and oxygen atoms in total. The highest BCUT2D eigenvalue weighted by atomic mass is 16.5. The van der Waals surface area contributed by atoms with Crippen LogP contribution in [0, 0.1) is 5.92 Å². The summed E-state index contributed by atoms with van der Waals surface area (Å²) in [6.07, 6.45) is 14.3. The maximum Gasteiger partial charge on any atom is 0.311 e. The molecule has 0 aromatic heterocycles. The molecule has 1 atom stereocenters. The summed E-state index contributed by atoms with van der Waals surface area (Å²) < 4.78 is 5.31. The van der Waals surface area contributed by atoms with Gasteiger partial charge in [-0.2, -0.15) is 0 Å². The number of rotatable bonds is 12. The molecule has 2 aliphatic rings. The van der Waals surface area contributed by atoms with Crippen molar-refractivity contribution in [1.82, 2.24) is 4.90 Å². The molecule has 1 heterocycles. The molecule has 1 amide bonds. The van der Waals surface area contributed by atoms with Crippen LogP contribution in [0.3, 0.4) is 0 Å². The van der Waals surface area contributed by atoms with Gasteiger partial charge in [0.2, 0.25) is 5.91 Å². The number of carbonyl (C=O) groups excluding carboxylic acids is 2. The van der Waals surface area contributed by atoms with Gasteiger partial charge in [0.05, 0.1) is 12.5 Å². The third-order valence-electron chi connectivity index (χ3n) is 5.64. The van der Waals surface area contributed by atoms with E-state index in [4.69, 9.17) is 9.73 Å². The SMILES string of the molecule is CCCCCOC(=O)C1CC(=O)N(CCCCCCN=C2CCCCC2)C1. The first-order valence-electron chi connectivity index (χ1n) is 11.2. The summed E-state index contributed by atoms with van der Waals surface area (Å²) in [5.74, 6) is -0.344. The Morgan fingerprint density at radius 1 is 1.07 bits per heavy atom. The van der Waals surface area contributed by atoms with E-state index < -0.39 is 0 Å². The Labute approximate surface area is 164 Å². The smallest absolute Gasteiger partial charge is 0.311 e. The molecular formula is C22H38N2O3. The predicted molar refractivity (Wildman–Crippen MR) is 109 cm³/mol. The zero-order valence-electron chi connectivity index (χ0n) is 17.2. The van der Waals surface area contributed by atoms with Crippen LogP contribution in [0.25, 0.3) is 0 Å². The summed E-state index contributed by atoms with van der Waals surface area (Å²) in [6.45, 7) is 4.89. The number of carbonyl (C=O) groups is 2. The largest absolute Gasteiger partial charge is 0.465 e. The minimum Gasteiger partial charge on any atom is -0.465 e. The van der Waals surface area contributed by atoms with Crippen LogP contribution in [0.2, 0.25) is 0 Å². The number of hydrogen-bond donors (Lipinski definition) is 0. The maximum atomic E-state index is 12.1. The van der Waals surface area contributed by atoms with E-state index in [-0.39, 0.29) is 17.8 Å². The van der Waals surface area contributed by atoms with E-state index in [0.29, 0.717) is 19.6 Å². The van der Waals surface area contributed by atoms with Crippen molar-refractivity contribution < 1.29 is 14.3 Å². The molecule has 0 aromatic rings. The molecular weight excluding hydrogens is 340 g/mol. The van der Waals surface area contributed by atoms with Crippen molar-refractivity contribution >= 4 is 17.6 Å². The Balaban J connectivity index is 1.51. The zero-order chi connectivity index (χ0) is 19.3. The minimum atomic E-state index is -0.259. The summed E-state index contributed by atoms with van der Waals surface area (Å²) in [5, 5.41) is 0. The van der Waals surface area contributed by atoms with Gasteiger partial charge in [-0.15, -0.1) is 0 Å². The van der Waals surface area contributed by atoms with Crippen molar-refractivity contribution in [3.63, 3.8) is 0 Å². The third-order valence-corrected chi connectivity index (χ3v) is 5.64. The molecule has 1 aliphatic heterocycles. The van der Waals surface area contributed by atoms with E-state index in [1.807, 2.05) is 4.90 Å². The van der Waals surface area contributed by atoms with Gasteiger partial charge < -0.3 is 9.64 Å². The number of esters is 1. The van der Waals surface area contributed by atoms with Gasteiger partial charge in [0, 0.05) is 31.8 Å². The van der Waals surface area contributed by atoms with Crippen LogP contribution in [0.1, 0.15) is 90.4 Å². The van der Waals surface area contributed by atoms with Gasteiger partial charge in [0.1, 0.15) is 0 Å². The average Bonchev–Trinajstić information content (AvgIpc) is 3.06. The molecule has 0 spiro atoms. The normalized spacial score (nSPS) is 20.2. The fraction of sp³-hybridized carbons (Fsp3) is 0.864. The number of likely N-dealkylation sites (tertiary alicyclic amines) is 1. The second-order valence-corrected chi connectivity index (χ2v) is 8.04. The second-order valence-electron chi connectivity index (χ2n) is 8.04. The molecule has 0 bridgehead atoms. The highest BCUT2D eigenvalue weighted by Gasteiger charge is 2.34. The number of unbranched alkanes of at least 4 members (excludes halogenated alkanes) is 5. The lowest BCUT2D eigenvalue weighted by molar-refractivity contribution is -0.148. The van der Waals surface area contributed by atoms with E-state index in [2.05, 4.69) is 6.92 Å². The molecule has 0 aromatic carbocycles. The molecule has 2 rings (SSSR count). The van der Waals surface area contributed by atoms with Gasteiger partial charge >= 0.3 is 5.97 Å². The Bertz CT molecular complexity index is 482. The van der Waals surface area contributed by atoms with E-state index >= 15 is 0 Å². The van der Waals surface area contributed by atoms with Crippen molar-refractivity contribution in [2.75, 3.05) is 26.2 Å². The molecule has 2 fully saturated rings. The molecule has 1 saturated carbocycles. The lowest BCUT2D eigenvalue weighted by Gasteiger charge is -2.16. The second kappa shape index (κ2) is 12.9. The average molecular weight is 379 g/mol. The van der Waals surface area contributed by atoms with Crippen molar-refractivity contribution in [2.45, 2.75) is 90.4 Å². The standard InChI is InChI=1S/C22H38N2O3/c1-2-3-11-16-27-22(26)19-17-21(25)24(18-19)15-10-5-4-9-14-23-20-12-7-6-8-13-20/h19H,2-18H2,1H3. The first kappa shape index (κ1) is 21.9. The Morgan fingerprint density at radius 3 is 2.63 bits per heavy atom. The summed E-state index contributed by atoms with van der Waals surface area (Å²) in [7, 11) is 0. The number of nitrogens with zero attached hydrogens (tertiary/aromatic N) is 2. The van der Waals surface area contributed by atoms with E-state index in [0.717, 1.165) is 51.6 Å². The van der Waals surface area contributed by atoms with Gasteiger partial charge in [-0.25, -0.2) is 0 Å². The van der Waals surface area contributed by atoms with Gasteiger partial charge in [-0.05, 0) is 44.9 Å². The molecule has 1 aliphatic carbocycles. The molecule has 0 N–H and O–H groups in total. The molecule has 1 unspecified atom stereocenters. The first-order valence-corrected chi connectivity index (χ1v) is 11.2. The first-order chi connectivity index (χ1) is 13.2. The number of hydrogen-bond acceptors (Lipinski definition) is 4. The van der Waals surface area contributed by atoms with Crippen LogP contribution in [-0.4, -0.2) is 48.7 Å². The predicted octanol–water partition coefficient (Wildman–Crippen LogP) is 4.53. The summed E-state index contributed by atoms with van der Waals surface area (Å²) in [5.41, 5.74) is 1.43. The fourth-order valence-electron chi connectivity index (χ4n) is 3.91. The van der Waals surface area contributed by atoms with Crippen LogP contribution in [0.4, 0.5) is 0 Å². The van der Waals surface area contributed by atoms with Gasteiger partial charge in [0.25, 0.3) is 0 Å².